The molecule has 1 heterocycles. The molecule has 112 valence electrons. The second-order valence-electron chi connectivity index (χ2n) is 5.48. The van der Waals surface area contributed by atoms with E-state index >= 15 is 0 Å². The van der Waals surface area contributed by atoms with Crippen LogP contribution in [0.4, 0.5) is 11.4 Å². The molecular formula is C16H27N3O. The number of hydrogen-bond donors (Lipinski definition) is 2. The molecular weight excluding hydrogens is 250 g/mol. The zero-order valence-electron chi connectivity index (χ0n) is 12.7. The van der Waals surface area contributed by atoms with Crippen LogP contribution in [-0.4, -0.2) is 37.2 Å². The van der Waals surface area contributed by atoms with Gasteiger partial charge < -0.3 is 20.7 Å². The van der Waals surface area contributed by atoms with E-state index in [-0.39, 0.29) is 0 Å². The molecule has 20 heavy (non-hydrogen) atoms. The van der Waals surface area contributed by atoms with E-state index in [4.69, 9.17) is 10.5 Å². The maximum Gasteiger partial charge on any atom is 0.123 e. The lowest BCUT2D eigenvalue weighted by Crippen LogP contribution is -2.39. The van der Waals surface area contributed by atoms with Gasteiger partial charge in [0.2, 0.25) is 0 Å². The Morgan fingerprint density at radius 1 is 1.25 bits per heavy atom. The lowest BCUT2D eigenvalue weighted by atomic mass is 10.0. The van der Waals surface area contributed by atoms with Gasteiger partial charge in [0, 0.05) is 42.6 Å². The average molecular weight is 277 g/mol. The van der Waals surface area contributed by atoms with Gasteiger partial charge in [-0.2, -0.15) is 0 Å². The maximum atomic E-state index is 5.93. The van der Waals surface area contributed by atoms with Crippen LogP contribution in [0.25, 0.3) is 0 Å². The summed E-state index contributed by atoms with van der Waals surface area (Å²) < 4.78 is 5.54. The number of ether oxygens (including phenoxy) is 1. The van der Waals surface area contributed by atoms with Crippen LogP contribution in [0.5, 0.6) is 5.75 Å². The van der Waals surface area contributed by atoms with Crippen LogP contribution in [-0.2, 0) is 0 Å². The summed E-state index contributed by atoms with van der Waals surface area (Å²) in [6.07, 6.45) is 3.63. The first kappa shape index (κ1) is 15.0. The van der Waals surface area contributed by atoms with Crippen LogP contribution < -0.4 is 15.8 Å². The smallest absolute Gasteiger partial charge is 0.123 e. The summed E-state index contributed by atoms with van der Waals surface area (Å²) in [5, 5.41) is 3.60. The summed E-state index contributed by atoms with van der Waals surface area (Å²) in [6, 6.07) is 6.44. The lowest BCUT2D eigenvalue weighted by Gasteiger charge is -2.32. The number of hydrogen-bond acceptors (Lipinski definition) is 4. The fraction of sp³-hybridized carbons (Fsp3) is 0.625. The molecule has 0 unspecified atom stereocenters. The zero-order chi connectivity index (χ0) is 14.4. The summed E-state index contributed by atoms with van der Waals surface area (Å²) in [5.74, 6) is 0.846. The van der Waals surface area contributed by atoms with Crippen LogP contribution in [0.15, 0.2) is 18.2 Å². The van der Waals surface area contributed by atoms with Crippen molar-refractivity contribution in [2.24, 2.45) is 0 Å². The topological polar surface area (TPSA) is 50.5 Å². The Hall–Kier alpha value is -1.42. The Bertz CT molecular complexity index is 414. The molecule has 0 saturated carbocycles. The third-order valence-electron chi connectivity index (χ3n) is 3.74. The first-order chi connectivity index (χ1) is 9.71. The SMILES string of the molecule is CCCN1CCC(Nc2cc(N)cc(OCC)c2)CC1. The molecule has 1 aliphatic heterocycles. The minimum absolute atomic E-state index is 0.541. The largest absolute Gasteiger partial charge is 0.494 e. The fourth-order valence-corrected chi connectivity index (χ4v) is 2.81. The number of rotatable bonds is 6. The first-order valence-corrected chi connectivity index (χ1v) is 7.73. The fourth-order valence-electron chi connectivity index (χ4n) is 2.81. The normalized spacial score (nSPS) is 17.1. The van der Waals surface area contributed by atoms with E-state index in [9.17, 15) is 0 Å². The predicted octanol–water partition coefficient (Wildman–Crippen LogP) is 2.95. The second-order valence-corrected chi connectivity index (χ2v) is 5.48. The quantitative estimate of drug-likeness (QED) is 0.785. The number of anilines is 2. The minimum atomic E-state index is 0.541. The van der Waals surface area contributed by atoms with Crippen molar-refractivity contribution >= 4 is 11.4 Å². The monoisotopic (exact) mass is 277 g/mol. The maximum absolute atomic E-state index is 5.93. The number of nitrogens with zero attached hydrogens (tertiary/aromatic N) is 1. The van der Waals surface area contributed by atoms with Crippen molar-refractivity contribution in [2.75, 3.05) is 37.3 Å². The minimum Gasteiger partial charge on any atom is -0.494 e. The molecule has 0 spiro atoms. The number of benzene rings is 1. The molecule has 3 N–H and O–H groups in total. The van der Waals surface area contributed by atoms with Crippen LogP contribution in [0.2, 0.25) is 0 Å². The third kappa shape index (κ3) is 4.30. The number of nitrogens with two attached hydrogens (primary N) is 1. The van der Waals surface area contributed by atoms with Crippen molar-refractivity contribution in [1.29, 1.82) is 0 Å². The molecule has 0 atom stereocenters. The molecule has 1 aliphatic rings. The zero-order valence-corrected chi connectivity index (χ0v) is 12.7. The Labute approximate surface area is 122 Å². The summed E-state index contributed by atoms with van der Waals surface area (Å²) >= 11 is 0. The van der Waals surface area contributed by atoms with E-state index in [0.717, 1.165) is 17.1 Å². The number of likely N-dealkylation sites (tertiary alicyclic amines) is 1. The Balaban J connectivity index is 1.90. The average Bonchev–Trinajstić information content (AvgIpc) is 2.41. The molecule has 0 bridgehead atoms. The summed E-state index contributed by atoms with van der Waals surface area (Å²) in [4.78, 5) is 2.54. The first-order valence-electron chi connectivity index (χ1n) is 7.73. The summed E-state index contributed by atoms with van der Waals surface area (Å²) in [7, 11) is 0. The van der Waals surface area contributed by atoms with E-state index < -0.39 is 0 Å². The molecule has 0 amide bonds. The highest BCUT2D eigenvalue weighted by Gasteiger charge is 2.18. The third-order valence-corrected chi connectivity index (χ3v) is 3.74. The number of nitrogens with one attached hydrogen (secondary N) is 1. The van der Waals surface area contributed by atoms with Gasteiger partial charge in [-0.05, 0) is 38.8 Å². The standard InChI is InChI=1S/C16H27N3O/c1-3-7-19-8-5-14(6-9-19)18-15-10-13(17)11-16(12-15)20-4-2/h10-12,14,18H,3-9,17H2,1-2H3. The van der Waals surface area contributed by atoms with E-state index in [1.807, 2.05) is 25.1 Å². The van der Waals surface area contributed by atoms with Crippen molar-refractivity contribution in [3.8, 4) is 5.75 Å². The molecule has 2 rings (SSSR count). The molecule has 4 heteroatoms. The van der Waals surface area contributed by atoms with E-state index in [1.165, 1.54) is 38.9 Å². The highest BCUT2D eigenvalue weighted by molar-refractivity contribution is 5.59. The van der Waals surface area contributed by atoms with Gasteiger partial charge in [0.1, 0.15) is 5.75 Å². The Morgan fingerprint density at radius 3 is 2.65 bits per heavy atom. The van der Waals surface area contributed by atoms with Gasteiger partial charge in [-0.25, -0.2) is 0 Å². The number of nitrogen functional groups attached to an aromatic ring is 1. The summed E-state index contributed by atoms with van der Waals surface area (Å²) in [6.45, 7) is 8.49. The Kier molecular flexibility index (Phi) is 5.53. The predicted molar refractivity (Wildman–Crippen MR) is 85.4 cm³/mol. The van der Waals surface area contributed by atoms with Gasteiger partial charge >= 0.3 is 0 Å². The molecule has 1 fully saturated rings. The van der Waals surface area contributed by atoms with E-state index in [2.05, 4.69) is 17.1 Å². The number of piperidine rings is 1. The van der Waals surface area contributed by atoms with Crippen molar-refractivity contribution in [2.45, 2.75) is 39.2 Å². The second kappa shape index (κ2) is 7.39. The highest BCUT2D eigenvalue weighted by Crippen LogP contribution is 2.25. The molecule has 0 aromatic heterocycles. The van der Waals surface area contributed by atoms with Crippen molar-refractivity contribution < 1.29 is 4.74 Å². The van der Waals surface area contributed by atoms with Crippen molar-refractivity contribution in [1.82, 2.24) is 4.90 Å². The van der Waals surface area contributed by atoms with Crippen molar-refractivity contribution in [3.63, 3.8) is 0 Å². The van der Waals surface area contributed by atoms with Gasteiger partial charge in [0.05, 0.1) is 6.61 Å². The van der Waals surface area contributed by atoms with Gasteiger partial charge in [-0.3, -0.25) is 0 Å². The molecule has 0 radical (unpaired) electrons. The molecule has 0 aliphatic carbocycles. The van der Waals surface area contributed by atoms with Crippen LogP contribution in [0.3, 0.4) is 0 Å². The molecule has 1 saturated heterocycles. The van der Waals surface area contributed by atoms with Crippen LogP contribution in [0, 0.1) is 0 Å². The van der Waals surface area contributed by atoms with Gasteiger partial charge in [-0.15, -0.1) is 0 Å². The van der Waals surface area contributed by atoms with Crippen LogP contribution >= 0.6 is 0 Å². The Morgan fingerprint density at radius 2 is 2.00 bits per heavy atom. The highest BCUT2D eigenvalue weighted by atomic mass is 16.5. The van der Waals surface area contributed by atoms with Gasteiger partial charge in [-0.1, -0.05) is 6.92 Å². The van der Waals surface area contributed by atoms with Crippen LogP contribution in [0.1, 0.15) is 33.1 Å². The van der Waals surface area contributed by atoms with Crippen molar-refractivity contribution in [3.05, 3.63) is 18.2 Å². The summed E-state index contributed by atoms with van der Waals surface area (Å²) in [5.41, 5.74) is 7.75. The molecule has 4 nitrogen and oxygen atoms in total. The lowest BCUT2D eigenvalue weighted by molar-refractivity contribution is 0.219. The van der Waals surface area contributed by atoms with Gasteiger partial charge in [0.25, 0.3) is 0 Å². The van der Waals surface area contributed by atoms with E-state index in [0.29, 0.717) is 12.6 Å². The molecule has 1 aromatic carbocycles. The van der Waals surface area contributed by atoms with Gasteiger partial charge in [0.15, 0.2) is 0 Å². The van der Waals surface area contributed by atoms with E-state index in [1.54, 1.807) is 0 Å². The molecule has 1 aromatic rings.